The zero-order chi connectivity index (χ0) is 12.3. The number of nitrogens with one attached hydrogen (secondary N) is 1. The number of likely N-dealkylation sites (N-methyl/N-ethyl adjacent to an activating group) is 1. The summed E-state index contributed by atoms with van der Waals surface area (Å²) < 4.78 is 1.17. The Bertz CT molecular complexity index is 372. The molecule has 1 aromatic carbocycles. The molecule has 0 amide bonds. The Morgan fingerprint density at radius 1 is 1.47 bits per heavy atom. The molecule has 1 N–H and O–H groups in total. The molecular weight excluding hydrogens is 276 g/mol. The summed E-state index contributed by atoms with van der Waals surface area (Å²) in [6, 6.07) is 7.21. The van der Waals surface area contributed by atoms with Gasteiger partial charge in [0.05, 0.1) is 0 Å². The van der Waals surface area contributed by atoms with E-state index in [-0.39, 0.29) is 0 Å². The number of nitrogens with zero attached hydrogens (tertiary/aromatic N) is 1. The Kier molecular flexibility index (Phi) is 4.60. The van der Waals surface area contributed by atoms with Crippen LogP contribution < -0.4 is 5.32 Å². The highest BCUT2D eigenvalue weighted by atomic mass is 79.9. The fourth-order valence-corrected chi connectivity index (χ4v) is 2.86. The van der Waals surface area contributed by atoms with Crippen molar-refractivity contribution in [3.05, 3.63) is 33.8 Å². The summed E-state index contributed by atoms with van der Waals surface area (Å²) in [6.07, 6.45) is 2.65. The van der Waals surface area contributed by atoms with Crippen molar-refractivity contribution in [3.63, 3.8) is 0 Å². The van der Waals surface area contributed by atoms with Crippen LogP contribution in [0, 0.1) is 6.92 Å². The summed E-state index contributed by atoms with van der Waals surface area (Å²) in [5, 5.41) is 3.55. The largest absolute Gasteiger partial charge is 0.313 e. The molecule has 1 saturated heterocycles. The van der Waals surface area contributed by atoms with E-state index in [2.05, 4.69) is 58.3 Å². The van der Waals surface area contributed by atoms with E-state index in [1.54, 1.807) is 0 Å². The number of rotatable bonds is 4. The van der Waals surface area contributed by atoms with E-state index in [0.717, 1.165) is 13.1 Å². The number of hydrogen-bond acceptors (Lipinski definition) is 2. The average molecular weight is 297 g/mol. The van der Waals surface area contributed by atoms with E-state index < -0.39 is 0 Å². The summed E-state index contributed by atoms with van der Waals surface area (Å²) in [4.78, 5) is 2.41. The molecular formula is C14H21BrN2. The SMILES string of the molecule is Cc1ccc(Br)cc1CN(C)CC1CCCN1. The van der Waals surface area contributed by atoms with E-state index in [9.17, 15) is 0 Å². The van der Waals surface area contributed by atoms with Gasteiger partial charge in [0.1, 0.15) is 0 Å². The van der Waals surface area contributed by atoms with Crippen LogP contribution in [0.5, 0.6) is 0 Å². The van der Waals surface area contributed by atoms with Crippen molar-refractivity contribution in [2.45, 2.75) is 32.4 Å². The lowest BCUT2D eigenvalue weighted by Gasteiger charge is -2.22. The molecule has 94 valence electrons. The lowest BCUT2D eigenvalue weighted by Crippen LogP contribution is -2.35. The predicted molar refractivity (Wildman–Crippen MR) is 76.2 cm³/mol. The van der Waals surface area contributed by atoms with E-state index in [1.165, 1.54) is 35.0 Å². The Hall–Kier alpha value is -0.380. The molecule has 1 aromatic rings. The van der Waals surface area contributed by atoms with E-state index in [4.69, 9.17) is 0 Å². The number of aryl methyl sites for hydroxylation is 1. The van der Waals surface area contributed by atoms with Gasteiger partial charge in [0.2, 0.25) is 0 Å². The van der Waals surface area contributed by atoms with Gasteiger partial charge < -0.3 is 10.2 Å². The molecule has 17 heavy (non-hydrogen) atoms. The molecule has 1 atom stereocenters. The Morgan fingerprint density at radius 3 is 3.00 bits per heavy atom. The van der Waals surface area contributed by atoms with Crippen LogP contribution in [0.1, 0.15) is 24.0 Å². The zero-order valence-electron chi connectivity index (χ0n) is 10.7. The molecule has 1 aliphatic rings. The zero-order valence-corrected chi connectivity index (χ0v) is 12.3. The van der Waals surface area contributed by atoms with Crippen molar-refractivity contribution in [1.82, 2.24) is 10.2 Å². The molecule has 0 aromatic heterocycles. The van der Waals surface area contributed by atoms with Crippen molar-refractivity contribution in [3.8, 4) is 0 Å². The van der Waals surface area contributed by atoms with Gasteiger partial charge in [-0.25, -0.2) is 0 Å². The quantitative estimate of drug-likeness (QED) is 0.919. The minimum Gasteiger partial charge on any atom is -0.313 e. The third-order valence-corrected chi connectivity index (χ3v) is 3.94. The molecule has 0 radical (unpaired) electrons. The average Bonchev–Trinajstić information content (AvgIpc) is 2.76. The van der Waals surface area contributed by atoms with Gasteiger partial charge in [-0.1, -0.05) is 22.0 Å². The van der Waals surface area contributed by atoms with E-state index in [1.807, 2.05) is 0 Å². The standard InChI is InChI=1S/C14H21BrN2/c1-11-5-6-13(15)8-12(11)9-17(2)10-14-4-3-7-16-14/h5-6,8,14,16H,3-4,7,9-10H2,1-2H3. The molecule has 0 aliphatic carbocycles. The maximum Gasteiger partial charge on any atom is 0.0234 e. The predicted octanol–water partition coefficient (Wildman–Crippen LogP) is 2.94. The van der Waals surface area contributed by atoms with Crippen molar-refractivity contribution in [1.29, 1.82) is 0 Å². The van der Waals surface area contributed by atoms with Crippen LogP contribution in [0.25, 0.3) is 0 Å². The summed E-state index contributed by atoms with van der Waals surface area (Å²) in [5.41, 5.74) is 2.79. The highest BCUT2D eigenvalue weighted by molar-refractivity contribution is 9.10. The van der Waals surface area contributed by atoms with Gasteiger partial charge in [-0.05, 0) is 56.6 Å². The molecule has 1 aliphatic heterocycles. The van der Waals surface area contributed by atoms with Gasteiger partial charge in [-0.2, -0.15) is 0 Å². The molecule has 1 heterocycles. The van der Waals surface area contributed by atoms with Gasteiger partial charge in [0.15, 0.2) is 0 Å². The lowest BCUT2D eigenvalue weighted by molar-refractivity contribution is 0.292. The topological polar surface area (TPSA) is 15.3 Å². The number of halogens is 1. The van der Waals surface area contributed by atoms with Crippen LogP contribution in [0.4, 0.5) is 0 Å². The number of hydrogen-bond donors (Lipinski definition) is 1. The maximum atomic E-state index is 3.55. The van der Waals surface area contributed by atoms with Gasteiger partial charge in [-0.3, -0.25) is 0 Å². The van der Waals surface area contributed by atoms with Gasteiger partial charge in [-0.15, -0.1) is 0 Å². The van der Waals surface area contributed by atoms with Crippen LogP contribution in [0.15, 0.2) is 22.7 Å². The minimum absolute atomic E-state index is 0.687. The van der Waals surface area contributed by atoms with Gasteiger partial charge in [0.25, 0.3) is 0 Å². The van der Waals surface area contributed by atoms with Crippen molar-refractivity contribution in [2.75, 3.05) is 20.1 Å². The highest BCUT2D eigenvalue weighted by Gasteiger charge is 2.16. The fourth-order valence-electron chi connectivity index (χ4n) is 2.45. The van der Waals surface area contributed by atoms with Crippen molar-refractivity contribution >= 4 is 15.9 Å². The van der Waals surface area contributed by atoms with Gasteiger partial charge >= 0.3 is 0 Å². The second-order valence-electron chi connectivity index (χ2n) is 5.06. The first-order chi connectivity index (χ1) is 8.15. The normalized spacial score (nSPS) is 20.1. The molecule has 3 heteroatoms. The van der Waals surface area contributed by atoms with Crippen LogP contribution >= 0.6 is 15.9 Å². The van der Waals surface area contributed by atoms with Crippen LogP contribution in [0.3, 0.4) is 0 Å². The number of benzene rings is 1. The molecule has 0 bridgehead atoms. The molecule has 1 unspecified atom stereocenters. The first-order valence-electron chi connectivity index (χ1n) is 6.32. The second-order valence-corrected chi connectivity index (χ2v) is 5.98. The minimum atomic E-state index is 0.687. The molecule has 1 fully saturated rings. The van der Waals surface area contributed by atoms with Crippen LogP contribution in [-0.2, 0) is 6.54 Å². The van der Waals surface area contributed by atoms with E-state index in [0.29, 0.717) is 6.04 Å². The maximum absolute atomic E-state index is 3.55. The first-order valence-corrected chi connectivity index (χ1v) is 7.11. The summed E-state index contributed by atoms with van der Waals surface area (Å²) in [7, 11) is 2.21. The second kappa shape index (κ2) is 5.98. The molecule has 0 saturated carbocycles. The summed E-state index contributed by atoms with van der Waals surface area (Å²) in [6.45, 7) is 5.55. The van der Waals surface area contributed by atoms with Gasteiger partial charge in [0, 0.05) is 23.6 Å². The third-order valence-electron chi connectivity index (χ3n) is 3.45. The fraction of sp³-hybridized carbons (Fsp3) is 0.571. The molecule has 2 rings (SSSR count). The Balaban J connectivity index is 1.92. The lowest BCUT2D eigenvalue weighted by atomic mass is 10.1. The third kappa shape index (κ3) is 3.80. The Labute approximate surface area is 113 Å². The van der Waals surface area contributed by atoms with Crippen molar-refractivity contribution < 1.29 is 0 Å². The van der Waals surface area contributed by atoms with Crippen molar-refractivity contribution in [2.24, 2.45) is 0 Å². The smallest absolute Gasteiger partial charge is 0.0234 e. The Morgan fingerprint density at radius 2 is 2.29 bits per heavy atom. The summed E-state index contributed by atoms with van der Waals surface area (Å²) >= 11 is 3.54. The monoisotopic (exact) mass is 296 g/mol. The molecule has 0 spiro atoms. The summed E-state index contributed by atoms with van der Waals surface area (Å²) in [5.74, 6) is 0. The highest BCUT2D eigenvalue weighted by Crippen LogP contribution is 2.18. The van der Waals surface area contributed by atoms with Crippen LogP contribution in [-0.4, -0.2) is 31.1 Å². The van der Waals surface area contributed by atoms with Crippen LogP contribution in [0.2, 0.25) is 0 Å². The van der Waals surface area contributed by atoms with E-state index >= 15 is 0 Å². The molecule has 2 nitrogen and oxygen atoms in total. The first kappa shape index (κ1) is 13.1.